The molecule has 0 aromatic carbocycles. The number of anilines is 1. The van der Waals surface area contributed by atoms with E-state index in [9.17, 15) is 4.79 Å². The van der Waals surface area contributed by atoms with Crippen LogP contribution in [-0.4, -0.2) is 23.2 Å². The largest absolute Gasteiger partial charge is 0.289 e. The lowest BCUT2D eigenvalue weighted by Crippen LogP contribution is -2.25. The van der Waals surface area contributed by atoms with Gasteiger partial charge in [-0.2, -0.15) is 5.26 Å². The highest BCUT2D eigenvalue weighted by Gasteiger charge is 2.12. The lowest BCUT2D eigenvalue weighted by Gasteiger charge is -2.09. The van der Waals surface area contributed by atoms with E-state index < -0.39 is 0 Å². The molecule has 5 nitrogen and oxygen atoms in total. The Labute approximate surface area is 73.3 Å². The first-order valence-electron chi connectivity index (χ1n) is 3.15. The van der Waals surface area contributed by atoms with Crippen LogP contribution in [0.1, 0.15) is 6.42 Å². The zero-order chi connectivity index (χ0) is 8.97. The SMILES string of the molecule is CN(C(=O)CC#N)c1nncs1. The molecule has 12 heavy (non-hydrogen) atoms. The van der Waals surface area contributed by atoms with Gasteiger partial charge in [-0.15, -0.1) is 10.2 Å². The molecule has 0 aliphatic heterocycles. The number of hydrogen-bond acceptors (Lipinski definition) is 5. The van der Waals surface area contributed by atoms with E-state index in [-0.39, 0.29) is 12.3 Å². The van der Waals surface area contributed by atoms with Crippen molar-refractivity contribution in [3.05, 3.63) is 5.51 Å². The van der Waals surface area contributed by atoms with Crippen molar-refractivity contribution in [3.8, 4) is 6.07 Å². The van der Waals surface area contributed by atoms with Gasteiger partial charge in [-0.05, 0) is 0 Å². The van der Waals surface area contributed by atoms with E-state index >= 15 is 0 Å². The van der Waals surface area contributed by atoms with Gasteiger partial charge in [0.25, 0.3) is 0 Å². The van der Waals surface area contributed by atoms with Gasteiger partial charge in [0.15, 0.2) is 0 Å². The van der Waals surface area contributed by atoms with Crippen molar-refractivity contribution in [1.82, 2.24) is 10.2 Å². The van der Waals surface area contributed by atoms with Crippen LogP contribution in [0.3, 0.4) is 0 Å². The normalized spacial score (nSPS) is 9.00. The predicted molar refractivity (Wildman–Crippen MR) is 43.5 cm³/mol. The minimum Gasteiger partial charge on any atom is -0.289 e. The summed E-state index contributed by atoms with van der Waals surface area (Å²) in [7, 11) is 1.57. The summed E-state index contributed by atoms with van der Waals surface area (Å²) in [6.45, 7) is 0. The Kier molecular flexibility index (Phi) is 2.71. The smallest absolute Gasteiger partial charge is 0.242 e. The topological polar surface area (TPSA) is 69.9 Å². The standard InChI is InChI=1S/C6H6N4OS/c1-10(5(11)2-3-7)6-9-8-4-12-6/h4H,2H2,1H3. The third kappa shape index (κ3) is 1.77. The molecule has 0 aliphatic carbocycles. The Bertz CT molecular complexity index is 302. The quantitative estimate of drug-likeness (QED) is 0.664. The van der Waals surface area contributed by atoms with Gasteiger partial charge in [0.1, 0.15) is 11.9 Å². The fourth-order valence-corrected chi connectivity index (χ4v) is 1.15. The van der Waals surface area contributed by atoms with Gasteiger partial charge in [0, 0.05) is 7.05 Å². The van der Waals surface area contributed by atoms with Crippen molar-refractivity contribution >= 4 is 22.4 Å². The van der Waals surface area contributed by atoms with E-state index in [1.54, 1.807) is 13.1 Å². The van der Waals surface area contributed by atoms with Crippen LogP contribution >= 0.6 is 11.3 Å². The summed E-state index contributed by atoms with van der Waals surface area (Å²) in [5.74, 6) is -0.269. The molecule has 1 amide bonds. The van der Waals surface area contributed by atoms with Gasteiger partial charge >= 0.3 is 0 Å². The average molecular weight is 182 g/mol. The molecule has 0 aliphatic rings. The number of hydrogen-bond donors (Lipinski definition) is 0. The molecule has 1 aromatic rings. The monoisotopic (exact) mass is 182 g/mol. The van der Waals surface area contributed by atoms with Crippen LogP contribution < -0.4 is 4.90 Å². The second kappa shape index (κ2) is 3.78. The van der Waals surface area contributed by atoms with Crippen molar-refractivity contribution in [3.63, 3.8) is 0 Å². The van der Waals surface area contributed by atoms with E-state index in [2.05, 4.69) is 10.2 Å². The lowest BCUT2D eigenvalue weighted by molar-refractivity contribution is -0.117. The number of amides is 1. The average Bonchev–Trinajstić information content (AvgIpc) is 2.55. The molecule has 1 aromatic heterocycles. The number of aromatic nitrogens is 2. The number of nitriles is 1. The Balaban J connectivity index is 2.67. The Morgan fingerprint density at radius 3 is 3.17 bits per heavy atom. The Morgan fingerprint density at radius 1 is 1.92 bits per heavy atom. The molecule has 1 heterocycles. The molecular weight excluding hydrogens is 176 g/mol. The first-order chi connectivity index (χ1) is 5.75. The number of carbonyl (C=O) groups excluding carboxylic acids is 1. The van der Waals surface area contributed by atoms with E-state index in [1.807, 2.05) is 0 Å². The fourth-order valence-electron chi connectivity index (χ4n) is 0.606. The predicted octanol–water partition coefficient (Wildman–Crippen LogP) is 0.415. The van der Waals surface area contributed by atoms with Gasteiger partial charge in [0.05, 0.1) is 6.07 Å². The fraction of sp³-hybridized carbons (Fsp3) is 0.333. The molecule has 62 valence electrons. The van der Waals surface area contributed by atoms with E-state index in [0.717, 1.165) is 0 Å². The van der Waals surface area contributed by atoms with Crippen LogP contribution in [-0.2, 0) is 4.79 Å². The second-order valence-electron chi connectivity index (χ2n) is 2.01. The van der Waals surface area contributed by atoms with Crippen molar-refractivity contribution in [2.24, 2.45) is 0 Å². The van der Waals surface area contributed by atoms with Gasteiger partial charge in [-0.1, -0.05) is 11.3 Å². The number of nitrogens with zero attached hydrogens (tertiary/aromatic N) is 4. The molecule has 0 unspecified atom stereocenters. The molecule has 0 saturated heterocycles. The van der Waals surface area contributed by atoms with Gasteiger partial charge in [0.2, 0.25) is 11.0 Å². The third-order valence-electron chi connectivity index (χ3n) is 1.24. The molecular formula is C6H6N4OS. The van der Waals surface area contributed by atoms with Crippen LogP contribution in [0.4, 0.5) is 5.13 Å². The minimum absolute atomic E-state index is 0.129. The Hall–Kier alpha value is -1.48. The van der Waals surface area contributed by atoms with Crippen molar-refractivity contribution in [1.29, 1.82) is 5.26 Å². The molecule has 0 bridgehead atoms. The van der Waals surface area contributed by atoms with Gasteiger partial charge in [-0.25, -0.2) is 0 Å². The van der Waals surface area contributed by atoms with Crippen molar-refractivity contribution in [2.45, 2.75) is 6.42 Å². The highest BCUT2D eigenvalue weighted by atomic mass is 32.1. The summed E-state index contributed by atoms with van der Waals surface area (Å²) in [6, 6.07) is 1.78. The van der Waals surface area contributed by atoms with Crippen LogP contribution in [0, 0.1) is 11.3 Å². The second-order valence-corrected chi connectivity index (χ2v) is 2.82. The van der Waals surface area contributed by atoms with Crippen LogP contribution in [0.25, 0.3) is 0 Å². The van der Waals surface area contributed by atoms with E-state index in [4.69, 9.17) is 5.26 Å². The zero-order valence-corrected chi connectivity index (χ0v) is 7.21. The van der Waals surface area contributed by atoms with E-state index in [1.165, 1.54) is 21.7 Å². The highest BCUT2D eigenvalue weighted by Crippen LogP contribution is 2.13. The summed E-state index contributed by atoms with van der Waals surface area (Å²) >= 11 is 1.26. The maximum atomic E-state index is 11.1. The molecule has 6 heteroatoms. The first-order valence-corrected chi connectivity index (χ1v) is 4.03. The van der Waals surface area contributed by atoms with Crippen LogP contribution in [0.15, 0.2) is 5.51 Å². The van der Waals surface area contributed by atoms with Crippen LogP contribution in [0.5, 0.6) is 0 Å². The summed E-state index contributed by atoms with van der Waals surface area (Å²) in [5.41, 5.74) is 1.53. The molecule has 0 fully saturated rings. The molecule has 0 N–H and O–H groups in total. The molecule has 0 saturated carbocycles. The van der Waals surface area contributed by atoms with Crippen molar-refractivity contribution < 1.29 is 4.79 Å². The molecule has 0 radical (unpaired) electrons. The third-order valence-corrected chi connectivity index (χ3v) is 2.01. The van der Waals surface area contributed by atoms with Crippen LogP contribution in [0.2, 0.25) is 0 Å². The Morgan fingerprint density at radius 2 is 2.67 bits per heavy atom. The lowest BCUT2D eigenvalue weighted by atomic mass is 10.4. The van der Waals surface area contributed by atoms with Crippen molar-refractivity contribution in [2.75, 3.05) is 11.9 Å². The maximum Gasteiger partial charge on any atom is 0.242 e. The first kappa shape index (κ1) is 8.62. The minimum atomic E-state index is -0.269. The molecule has 0 spiro atoms. The zero-order valence-electron chi connectivity index (χ0n) is 6.39. The van der Waals surface area contributed by atoms with Gasteiger partial charge in [-0.3, -0.25) is 9.69 Å². The summed E-state index contributed by atoms with van der Waals surface area (Å²) < 4.78 is 0. The number of rotatable bonds is 2. The van der Waals surface area contributed by atoms with Gasteiger partial charge < -0.3 is 0 Å². The maximum absolute atomic E-state index is 11.1. The summed E-state index contributed by atoms with van der Waals surface area (Å²) in [5, 5.41) is 16.0. The molecule has 0 atom stereocenters. The highest BCUT2D eigenvalue weighted by molar-refractivity contribution is 7.13. The summed E-state index contributed by atoms with van der Waals surface area (Å²) in [6.07, 6.45) is -0.129. The molecule has 1 rings (SSSR count). The van der Waals surface area contributed by atoms with E-state index in [0.29, 0.717) is 5.13 Å². The summed E-state index contributed by atoms with van der Waals surface area (Å²) in [4.78, 5) is 12.4. The number of carbonyl (C=O) groups is 1.